The molecule has 3 aromatic carbocycles. The zero-order valence-corrected chi connectivity index (χ0v) is 25.6. The number of esters is 2. The fourth-order valence-electron chi connectivity index (χ4n) is 5.43. The quantitative estimate of drug-likeness (QED) is 0.288. The number of benzene rings is 3. The molecule has 44 heavy (non-hydrogen) atoms. The number of hydrogen-bond acceptors (Lipinski definition) is 12. The van der Waals surface area contributed by atoms with Crippen LogP contribution in [0.2, 0.25) is 0 Å². The van der Waals surface area contributed by atoms with Gasteiger partial charge in [0, 0.05) is 16.5 Å². The molecule has 0 spiro atoms. The first-order valence-corrected chi connectivity index (χ1v) is 14.3. The van der Waals surface area contributed by atoms with E-state index < -0.39 is 46.4 Å². The van der Waals surface area contributed by atoms with E-state index in [1.165, 1.54) is 21.1 Å². The van der Waals surface area contributed by atoms with Crippen LogP contribution in [0.5, 0.6) is 28.7 Å². The Morgan fingerprint density at radius 1 is 0.932 bits per heavy atom. The van der Waals surface area contributed by atoms with Crippen LogP contribution in [-0.4, -0.2) is 77.7 Å². The summed E-state index contributed by atoms with van der Waals surface area (Å²) in [7, 11) is 2.93. The third kappa shape index (κ3) is 5.19. The number of fused-ring (bicyclic) bond motifs is 3. The number of alkyl halides is 3. The summed E-state index contributed by atoms with van der Waals surface area (Å²) in [4.78, 5) is 25.6. The minimum absolute atomic E-state index is 0.0618. The van der Waals surface area contributed by atoms with Crippen molar-refractivity contribution in [3.8, 4) is 39.9 Å². The second-order valence-electron chi connectivity index (χ2n) is 10.1. The Morgan fingerprint density at radius 3 is 2.30 bits per heavy atom. The number of carbonyl (C=O) groups is 2. The SMILES string of the molecule is COc1cc2c(OC3O[C@H](C)[C@@H](O)[C@H](OC(=O)C(Cl)(Cl)Cl)[C@H]3O)c3c(c(-c4ccc5c(c4)OCO5)c2cc1OC)C(=O)OC3. The van der Waals surface area contributed by atoms with E-state index in [1.807, 2.05) is 0 Å². The zero-order chi connectivity index (χ0) is 31.5. The number of halogens is 3. The smallest absolute Gasteiger partial charge is 0.359 e. The Bertz CT molecular complexity index is 1660. The molecule has 1 unspecified atom stereocenters. The third-order valence-corrected chi connectivity index (χ3v) is 8.03. The molecule has 15 heteroatoms. The summed E-state index contributed by atoms with van der Waals surface area (Å²) in [6.45, 7) is 1.37. The maximum atomic E-state index is 13.3. The number of aliphatic hydroxyl groups excluding tert-OH is 2. The summed E-state index contributed by atoms with van der Waals surface area (Å²) >= 11 is 16.9. The number of cyclic esters (lactones) is 1. The predicted octanol–water partition coefficient (Wildman–Crippen LogP) is 4.05. The van der Waals surface area contributed by atoms with E-state index in [-0.39, 0.29) is 24.7 Å². The van der Waals surface area contributed by atoms with Gasteiger partial charge in [0.15, 0.2) is 35.2 Å². The van der Waals surface area contributed by atoms with Crippen LogP contribution in [0.1, 0.15) is 22.8 Å². The standard InChI is InChI=1S/C29H25Cl3O12/c1-11-22(33)25(44-28(36)29(30,31)32)23(34)27(42-11)43-24-14-8-18(38-3)17(37-2)7-13(14)20(21-15(24)9-39-26(21)35)12-4-5-16-19(6-12)41-10-40-16/h4-8,11,22-23,25,27,33-34H,9-10H2,1-3H3/t11-,22-,23-,25+,27?/m1/s1. The van der Waals surface area contributed by atoms with E-state index in [9.17, 15) is 19.8 Å². The summed E-state index contributed by atoms with van der Waals surface area (Å²) in [5, 5.41) is 22.8. The lowest BCUT2D eigenvalue weighted by atomic mass is 9.89. The second-order valence-corrected chi connectivity index (χ2v) is 12.4. The van der Waals surface area contributed by atoms with Crippen molar-refractivity contribution in [2.24, 2.45) is 0 Å². The highest BCUT2D eigenvalue weighted by Crippen LogP contribution is 2.50. The normalized spacial score (nSPS) is 24.1. The summed E-state index contributed by atoms with van der Waals surface area (Å²) in [6, 6.07) is 8.60. The van der Waals surface area contributed by atoms with Crippen molar-refractivity contribution in [2.75, 3.05) is 21.0 Å². The molecule has 6 rings (SSSR count). The van der Waals surface area contributed by atoms with Gasteiger partial charge in [0.05, 0.1) is 25.9 Å². The van der Waals surface area contributed by atoms with Gasteiger partial charge < -0.3 is 48.1 Å². The monoisotopic (exact) mass is 670 g/mol. The molecule has 0 bridgehead atoms. The van der Waals surface area contributed by atoms with Crippen LogP contribution < -0.4 is 23.7 Å². The summed E-state index contributed by atoms with van der Waals surface area (Å²) in [5.74, 6) is -0.0464. The van der Waals surface area contributed by atoms with E-state index in [1.54, 1.807) is 30.3 Å². The Balaban J connectivity index is 1.52. The zero-order valence-electron chi connectivity index (χ0n) is 23.3. The minimum Gasteiger partial charge on any atom is -0.493 e. The van der Waals surface area contributed by atoms with Crippen LogP contribution in [0.3, 0.4) is 0 Å². The van der Waals surface area contributed by atoms with Gasteiger partial charge in [-0.05, 0) is 42.1 Å². The highest BCUT2D eigenvalue weighted by molar-refractivity contribution is 6.75. The van der Waals surface area contributed by atoms with Crippen molar-refractivity contribution in [2.45, 2.75) is 48.0 Å². The van der Waals surface area contributed by atoms with Crippen molar-refractivity contribution in [3.63, 3.8) is 0 Å². The molecule has 234 valence electrons. The molecule has 12 nitrogen and oxygen atoms in total. The van der Waals surface area contributed by atoms with Gasteiger partial charge in [-0.1, -0.05) is 40.9 Å². The Hall–Kier alpha value is -3.39. The molecule has 3 aromatic rings. The van der Waals surface area contributed by atoms with Gasteiger partial charge in [0.25, 0.3) is 3.79 Å². The summed E-state index contributed by atoms with van der Waals surface area (Å²) in [5.41, 5.74) is 1.69. The van der Waals surface area contributed by atoms with E-state index in [2.05, 4.69) is 0 Å². The van der Waals surface area contributed by atoms with Crippen molar-refractivity contribution < 1.29 is 57.7 Å². The number of carbonyl (C=O) groups excluding carboxylic acids is 2. The van der Waals surface area contributed by atoms with Gasteiger partial charge in [-0.2, -0.15) is 0 Å². The van der Waals surface area contributed by atoms with Crippen molar-refractivity contribution in [1.82, 2.24) is 0 Å². The fraction of sp³-hybridized carbons (Fsp3) is 0.379. The highest BCUT2D eigenvalue weighted by atomic mass is 35.6. The molecule has 1 fully saturated rings. The number of rotatable bonds is 6. The van der Waals surface area contributed by atoms with Crippen LogP contribution in [0.25, 0.3) is 21.9 Å². The van der Waals surface area contributed by atoms with Crippen LogP contribution in [0.4, 0.5) is 0 Å². The summed E-state index contributed by atoms with van der Waals surface area (Å²) in [6.07, 6.45) is -7.36. The van der Waals surface area contributed by atoms with Crippen LogP contribution >= 0.6 is 34.8 Å². The third-order valence-electron chi connectivity index (χ3n) is 7.57. The molecule has 3 heterocycles. The molecule has 0 aliphatic carbocycles. The van der Waals surface area contributed by atoms with Crippen LogP contribution in [0.15, 0.2) is 30.3 Å². The van der Waals surface area contributed by atoms with E-state index in [0.29, 0.717) is 50.5 Å². The highest BCUT2D eigenvalue weighted by Gasteiger charge is 2.49. The van der Waals surface area contributed by atoms with E-state index >= 15 is 0 Å². The Kier molecular flexibility index (Phi) is 8.02. The molecule has 0 aromatic heterocycles. The average molecular weight is 672 g/mol. The molecule has 3 aliphatic heterocycles. The van der Waals surface area contributed by atoms with Crippen LogP contribution in [-0.2, 0) is 25.6 Å². The van der Waals surface area contributed by atoms with Gasteiger partial charge in [-0.15, -0.1) is 0 Å². The molecule has 0 radical (unpaired) electrons. The van der Waals surface area contributed by atoms with E-state index in [4.69, 9.17) is 72.7 Å². The molecular weight excluding hydrogens is 647 g/mol. The van der Waals surface area contributed by atoms with Gasteiger partial charge in [0.1, 0.15) is 18.5 Å². The Morgan fingerprint density at radius 2 is 1.61 bits per heavy atom. The molecular formula is C29H25Cl3O12. The lowest BCUT2D eigenvalue weighted by molar-refractivity contribution is -0.272. The maximum absolute atomic E-state index is 13.3. The first-order chi connectivity index (χ1) is 20.9. The lowest BCUT2D eigenvalue weighted by Crippen LogP contribution is -2.60. The predicted molar refractivity (Wildman–Crippen MR) is 155 cm³/mol. The molecule has 1 saturated heterocycles. The fourth-order valence-corrected chi connectivity index (χ4v) is 5.57. The molecule has 5 atom stereocenters. The molecule has 3 aliphatic rings. The number of ether oxygens (including phenoxy) is 8. The van der Waals surface area contributed by atoms with Gasteiger partial charge in [0.2, 0.25) is 13.1 Å². The number of methoxy groups -OCH3 is 2. The van der Waals surface area contributed by atoms with Crippen molar-refractivity contribution in [1.29, 1.82) is 0 Å². The Labute approximate surface area is 265 Å². The van der Waals surface area contributed by atoms with Gasteiger partial charge in [-0.25, -0.2) is 9.59 Å². The molecule has 0 saturated carbocycles. The van der Waals surface area contributed by atoms with Gasteiger partial charge in [-0.3, -0.25) is 0 Å². The van der Waals surface area contributed by atoms with Crippen molar-refractivity contribution >= 4 is 57.5 Å². The molecule has 0 amide bonds. The van der Waals surface area contributed by atoms with E-state index in [0.717, 1.165) is 0 Å². The number of hydrogen-bond donors (Lipinski definition) is 2. The van der Waals surface area contributed by atoms with Crippen LogP contribution in [0, 0.1) is 0 Å². The second kappa shape index (κ2) is 11.5. The molecule has 2 N–H and O–H groups in total. The lowest BCUT2D eigenvalue weighted by Gasteiger charge is -2.41. The van der Waals surface area contributed by atoms with Crippen molar-refractivity contribution in [3.05, 3.63) is 41.5 Å². The number of aliphatic hydroxyl groups is 2. The first kappa shape index (κ1) is 30.6. The minimum atomic E-state index is -2.47. The maximum Gasteiger partial charge on any atom is 0.359 e. The topological polar surface area (TPSA) is 148 Å². The largest absolute Gasteiger partial charge is 0.493 e. The summed E-state index contributed by atoms with van der Waals surface area (Å²) < 4.78 is 42.4. The first-order valence-electron chi connectivity index (χ1n) is 13.2. The average Bonchev–Trinajstić information content (AvgIpc) is 3.62. The van der Waals surface area contributed by atoms with Gasteiger partial charge >= 0.3 is 11.9 Å².